The number of hydrogen-bond acceptors (Lipinski definition) is 4. The Morgan fingerprint density at radius 1 is 1.19 bits per heavy atom. The SMILES string of the molecule is Cn1c(O)c(N=NC(=S)Nc2ccc(OC(F)F)cc2)c2ccccc21. The first-order chi connectivity index (χ1) is 12.5. The molecule has 3 rings (SSSR count). The Balaban J connectivity index is 1.73. The maximum atomic E-state index is 12.1. The number of benzene rings is 2. The number of nitrogens with one attached hydrogen (secondary N) is 1. The first-order valence-electron chi connectivity index (χ1n) is 7.49. The van der Waals surface area contributed by atoms with Gasteiger partial charge in [0.15, 0.2) is 5.69 Å². The molecule has 0 spiro atoms. The lowest BCUT2D eigenvalue weighted by Gasteiger charge is -2.06. The second-order valence-corrected chi connectivity index (χ2v) is 5.67. The highest BCUT2D eigenvalue weighted by Crippen LogP contribution is 2.37. The van der Waals surface area contributed by atoms with E-state index in [9.17, 15) is 13.9 Å². The van der Waals surface area contributed by atoms with Crippen molar-refractivity contribution >= 4 is 39.6 Å². The van der Waals surface area contributed by atoms with Crippen molar-refractivity contribution in [1.29, 1.82) is 0 Å². The normalized spacial score (nSPS) is 11.4. The van der Waals surface area contributed by atoms with Gasteiger partial charge in [-0.25, -0.2) is 0 Å². The summed E-state index contributed by atoms with van der Waals surface area (Å²) in [5.74, 6) is 0.0185. The Kier molecular flexibility index (Phi) is 5.08. The van der Waals surface area contributed by atoms with Gasteiger partial charge in [0.25, 0.3) is 0 Å². The summed E-state index contributed by atoms with van der Waals surface area (Å²) in [5.41, 5.74) is 1.66. The van der Waals surface area contributed by atoms with Crippen LogP contribution in [0.15, 0.2) is 58.8 Å². The predicted molar refractivity (Wildman–Crippen MR) is 98.4 cm³/mol. The van der Waals surface area contributed by atoms with Gasteiger partial charge in [0.1, 0.15) is 5.75 Å². The summed E-state index contributed by atoms with van der Waals surface area (Å²) in [6, 6.07) is 13.2. The van der Waals surface area contributed by atoms with Crippen LogP contribution in [0.5, 0.6) is 11.6 Å². The van der Waals surface area contributed by atoms with Crippen molar-refractivity contribution in [2.75, 3.05) is 5.32 Å². The molecule has 6 nitrogen and oxygen atoms in total. The van der Waals surface area contributed by atoms with Crippen LogP contribution in [0.2, 0.25) is 0 Å². The molecule has 1 heterocycles. The average Bonchev–Trinajstić information content (AvgIpc) is 2.86. The molecule has 9 heteroatoms. The van der Waals surface area contributed by atoms with Gasteiger partial charge in [-0.2, -0.15) is 8.78 Å². The number of aromatic nitrogens is 1. The molecule has 3 aromatic rings. The van der Waals surface area contributed by atoms with E-state index in [0.29, 0.717) is 11.4 Å². The fourth-order valence-electron chi connectivity index (χ4n) is 2.42. The zero-order chi connectivity index (χ0) is 18.7. The maximum Gasteiger partial charge on any atom is 0.387 e. The Morgan fingerprint density at radius 2 is 1.88 bits per heavy atom. The molecule has 2 aromatic carbocycles. The monoisotopic (exact) mass is 376 g/mol. The molecule has 134 valence electrons. The van der Waals surface area contributed by atoms with Crippen LogP contribution >= 0.6 is 12.2 Å². The fraction of sp³-hybridized carbons (Fsp3) is 0.118. The van der Waals surface area contributed by atoms with Crippen LogP contribution in [-0.4, -0.2) is 21.4 Å². The van der Waals surface area contributed by atoms with E-state index < -0.39 is 6.61 Å². The van der Waals surface area contributed by atoms with Gasteiger partial charge in [-0.1, -0.05) is 18.2 Å². The van der Waals surface area contributed by atoms with Gasteiger partial charge >= 0.3 is 6.61 Å². The van der Waals surface area contributed by atoms with Gasteiger partial charge in [-0.3, -0.25) is 0 Å². The number of hydrogen-bond donors (Lipinski definition) is 2. The number of thiocarbonyl (C=S) groups is 1. The number of rotatable bonds is 4. The molecule has 0 saturated carbocycles. The second-order valence-electron chi connectivity index (χ2n) is 5.28. The number of alkyl halides is 2. The minimum absolute atomic E-state index is 0.0220. The van der Waals surface area contributed by atoms with Crippen LogP contribution in [0, 0.1) is 0 Å². The maximum absolute atomic E-state index is 12.1. The molecule has 0 atom stereocenters. The Labute approximate surface area is 152 Å². The van der Waals surface area contributed by atoms with Crippen molar-refractivity contribution in [2.45, 2.75) is 6.61 Å². The van der Waals surface area contributed by atoms with Gasteiger partial charge in [0.2, 0.25) is 11.0 Å². The predicted octanol–water partition coefficient (Wildman–Crippen LogP) is 4.97. The minimum atomic E-state index is -2.88. The molecule has 0 fully saturated rings. The standard InChI is InChI=1S/C17H14F2N4O2S/c1-23-13-5-3-2-4-12(13)14(15(23)24)21-22-17(26)20-10-6-8-11(9-7-10)25-16(18)19/h2-9,16,24H,1H3,(H,20,26). The van der Waals surface area contributed by atoms with Gasteiger partial charge in [0, 0.05) is 18.1 Å². The summed E-state index contributed by atoms with van der Waals surface area (Å²) in [6.07, 6.45) is 0. The third kappa shape index (κ3) is 3.77. The Hall–Kier alpha value is -3.07. The highest BCUT2D eigenvalue weighted by molar-refractivity contribution is 7.80. The van der Waals surface area contributed by atoms with Gasteiger partial charge in [-0.05, 0) is 42.5 Å². The van der Waals surface area contributed by atoms with Crippen LogP contribution in [0.3, 0.4) is 0 Å². The zero-order valence-electron chi connectivity index (χ0n) is 13.6. The molecule has 0 aliphatic carbocycles. The lowest BCUT2D eigenvalue weighted by atomic mass is 10.2. The third-order valence-corrected chi connectivity index (χ3v) is 3.81. The summed E-state index contributed by atoms with van der Waals surface area (Å²) in [7, 11) is 1.72. The number of aryl methyl sites for hydroxylation is 1. The average molecular weight is 376 g/mol. The molecule has 0 amide bonds. The summed E-state index contributed by atoms with van der Waals surface area (Å²) in [4.78, 5) is 0. The Morgan fingerprint density at radius 3 is 2.58 bits per heavy atom. The molecule has 0 saturated heterocycles. The van der Waals surface area contributed by atoms with Crippen molar-refractivity contribution in [2.24, 2.45) is 17.3 Å². The molecular weight excluding hydrogens is 362 g/mol. The quantitative estimate of drug-likeness (QED) is 0.498. The highest BCUT2D eigenvalue weighted by Gasteiger charge is 2.13. The molecule has 0 unspecified atom stereocenters. The number of halogens is 2. The second kappa shape index (κ2) is 7.44. The molecular formula is C17H14F2N4O2S. The molecule has 0 radical (unpaired) electrons. The van der Waals surface area contributed by atoms with Crippen LogP contribution in [0.4, 0.5) is 20.2 Å². The van der Waals surface area contributed by atoms with E-state index in [1.54, 1.807) is 11.6 Å². The molecule has 2 N–H and O–H groups in total. The smallest absolute Gasteiger partial charge is 0.387 e. The van der Waals surface area contributed by atoms with Crippen LogP contribution in [0.25, 0.3) is 10.9 Å². The molecule has 26 heavy (non-hydrogen) atoms. The van der Waals surface area contributed by atoms with Crippen molar-refractivity contribution < 1.29 is 18.6 Å². The molecule has 0 aliphatic rings. The summed E-state index contributed by atoms with van der Waals surface area (Å²) in [5, 5.41) is 21.7. The number of anilines is 1. The van der Waals surface area contributed by atoms with E-state index in [4.69, 9.17) is 12.2 Å². The van der Waals surface area contributed by atoms with Crippen LogP contribution < -0.4 is 10.1 Å². The molecule has 0 bridgehead atoms. The summed E-state index contributed by atoms with van der Waals surface area (Å²) >= 11 is 5.10. The van der Waals surface area contributed by atoms with Crippen molar-refractivity contribution in [3.05, 3.63) is 48.5 Å². The molecule has 0 aliphatic heterocycles. The lowest BCUT2D eigenvalue weighted by molar-refractivity contribution is -0.0498. The van der Waals surface area contributed by atoms with Crippen LogP contribution in [0.1, 0.15) is 0 Å². The first kappa shape index (κ1) is 17.7. The van der Waals surface area contributed by atoms with E-state index in [2.05, 4.69) is 20.3 Å². The summed E-state index contributed by atoms with van der Waals surface area (Å²) < 4.78 is 30.1. The number of ether oxygens (including phenoxy) is 1. The van der Waals surface area contributed by atoms with Crippen molar-refractivity contribution in [1.82, 2.24) is 4.57 Å². The number of nitrogens with zero attached hydrogens (tertiary/aromatic N) is 3. The minimum Gasteiger partial charge on any atom is -0.493 e. The van der Waals surface area contributed by atoms with Crippen molar-refractivity contribution in [3.8, 4) is 11.6 Å². The lowest BCUT2D eigenvalue weighted by Crippen LogP contribution is -2.05. The number of fused-ring (bicyclic) bond motifs is 1. The Bertz CT molecular complexity index is 971. The topological polar surface area (TPSA) is 71.1 Å². The first-order valence-corrected chi connectivity index (χ1v) is 7.90. The van der Waals surface area contributed by atoms with E-state index >= 15 is 0 Å². The molecule has 1 aromatic heterocycles. The van der Waals surface area contributed by atoms with Gasteiger partial charge < -0.3 is 19.7 Å². The van der Waals surface area contributed by atoms with E-state index in [1.165, 1.54) is 24.3 Å². The zero-order valence-corrected chi connectivity index (χ0v) is 14.4. The van der Waals surface area contributed by atoms with E-state index in [-0.39, 0.29) is 16.7 Å². The third-order valence-electron chi connectivity index (χ3n) is 3.62. The van der Waals surface area contributed by atoms with E-state index in [0.717, 1.165) is 10.9 Å². The highest BCUT2D eigenvalue weighted by atomic mass is 32.1. The van der Waals surface area contributed by atoms with Gasteiger partial charge in [0.05, 0.1) is 5.52 Å². The van der Waals surface area contributed by atoms with E-state index in [1.807, 2.05) is 24.3 Å². The largest absolute Gasteiger partial charge is 0.493 e. The summed E-state index contributed by atoms with van der Waals surface area (Å²) in [6.45, 7) is -2.88. The van der Waals surface area contributed by atoms with Crippen molar-refractivity contribution in [3.63, 3.8) is 0 Å². The van der Waals surface area contributed by atoms with Gasteiger partial charge in [-0.15, -0.1) is 10.2 Å². The number of para-hydroxylation sites is 1. The number of azo groups is 1. The van der Waals surface area contributed by atoms with Crippen LogP contribution in [-0.2, 0) is 7.05 Å². The fourth-order valence-corrected chi connectivity index (χ4v) is 2.58. The number of aromatic hydroxyl groups is 1.